The smallest absolute Gasteiger partial charge is 0.322 e. The second-order valence-electron chi connectivity index (χ2n) is 5.12. The van der Waals surface area contributed by atoms with Crippen LogP contribution in [-0.4, -0.2) is 21.7 Å². The first-order valence-corrected chi connectivity index (χ1v) is 8.22. The number of nitrogens with zero attached hydrogens (tertiary/aromatic N) is 2. The Morgan fingerprint density at radius 3 is 2.35 bits per heavy atom. The average molecular weight is 368 g/mol. The van der Waals surface area contributed by atoms with Crippen LogP contribution in [0.3, 0.4) is 0 Å². The molecule has 0 bridgehead atoms. The molecule has 0 fully saturated rings. The van der Waals surface area contributed by atoms with Crippen LogP contribution in [0.5, 0.6) is 0 Å². The first kappa shape index (κ1) is 17.2. The zero-order valence-electron chi connectivity index (χ0n) is 13.2. The van der Waals surface area contributed by atoms with Crippen molar-refractivity contribution in [1.29, 1.82) is 0 Å². The fourth-order valence-corrected chi connectivity index (χ4v) is 2.74. The maximum Gasteiger partial charge on any atom is 0.345 e. The van der Waals surface area contributed by atoms with Crippen LogP contribution < -0.4 is 10.6 Å². The highest BCUT2D eigenvalue weighted by molar-refractivity contribution is 7.18. The molecule has 0 aliphatic rings. The Bertz CT molecular complexity index is 972. The molecule has 1 heterocycles. The van der Waals surface area contributed by atoms with Crippen molar-refractivity contribution in [2.75, 3.05) is 10.6 Å². The van der Waals surface area contributed by atoms with E-state index >= 15 is 0 Å². The second kappa shape index (κ2) is 7.53. The number of benzene rings is 2. The summed E-state index contributed by atoms with van der Waals surface area (Å²) in [6, 6.07) is 15.0. The van der Waals surface area contributed by atoms with Gasteiger partial charge in [-0.3, -0.25) is 25.0 Å². The number of thiazole rings is 1. The van der Waals surface area contributed by atoms with Crippen molar-refractivity contribution in [2.45, 2.75) is 0 Å². The van der Waals surface area contributed by atoms with Crippen molar-refractivity contribution in [2.24, 2.45) is 0 Å². The molecule has 26 heavy (non-hydrogen) atoms. The van der Waals surface area contributed by atoms with Crippen molar-refractivity contribution >= 4 is 39.0 Å². The number of amides is 2. The molecular weight excluding hydrogens is 356 g/mol. The molecule has 3 aromatic rings. The fraction of sp³-hybridized carbons (Fsp3) is 0. The van der Waals surface area contributed by atoms with E-state index in [-0.39, 0.29) is 21.6 Å². The first-order chi connectivity index (χ1) is 12.5. The number of nitrogens with one attached hydrogen (secondary N) is 2. The molecule has 2 aromatic carbocycles. The van der Waals surface area contributed by atoms with Crippen LogP contribution in [0.4, 0.5) is 15.8 Å². The van der Waals surface area contributed by atoms with Crippen LogP contribution in [0.2, 0.25) is 0 Å². The lowest BCUT2D eigenvalue weighted by molar-refractivity contribution is -0.380. The minimum atomic E-state index is -0.576. The number of anilines is 2. The summed E-state index contributed by atoms with van der Waals surface area (Å²) in [5.74, 6) is -0.774. The molecule has 2 N–H and O–H groups in total. The van der Waals surface area contributed by atoms with Crippen molar-refractivity contribution < 1.29 is 14.5 Å². The molecule has 0 spiro atoms. The molecule has 2 amide bonds. The molecule has 0 atom stereocenters. The van der Waals surface area contributed by atoms with E-state index in [1.54, 1.807) is 42.5 Å². The normalized spacial score (nSPS) is 10.2. The summed E-state index contributed by atoms with van der Waals surface area (Å²) < 4.78 is 0. The number of carbonyl (C=O) groups is 2. The van der Waals surface area contributed by atoms with Gasteiger partial charge in [0.05, 0.1) is 4.92 Å². The highest BCUT2D eigenvalue weighted by Crippen LogP contribution is 2.25. The van der Waals surface area contributed by atoms with Gasteiger partial charge in [0.2, 0.25) is 0 Å². The second-order valence-corrected chi connectivity index (χ2v) is 6.12. The molecule has 0 aliphatic carbocycles. The Kier molecular flexibility index (Phi) is 4.99. The van der Waals surface area contributed by atoms with Crippen LogP contribution in [0.15, 0.2) is 60.8 Å². The maximum atomic E-state index is 12.3. The van der Waals surface area contributed by atoms with E-state index in [0.29, 0.717) is 11.3 Å². The lowest BCUT2D eigenvalue weighted by Gasteiger charge is -2.07. The lowest BCUT2D eigenvalue weighted by Crippen LogP contribution is -2.14. The Balaban J connectivity index is 1.70. The van der Waals surface area contributed by atoms with Crippen LogP contribution in [-0.2, 0) is 0 Å². The standard InChI is InChI=1S/C17H12N4O4S/c22-15(11-5-2-1-3-6-11)19-13-8-4-7-12(9-13)16(23)20-17-18-10-14(26-17)21(24)25/h1-10H,(H,19,22)(H,18,20,23). The van der Waals surface area contributed by atoms with Crippen molar-refractivity contribution in [3.8, 4) is 0 Å². The Morgan fingerprint density at radius 2 is 1.65 bits per heavy atom. The van der Waals surface area contributed by atoms with E-state index in [4.69, 9.17) is 0 Å². The van der Waals surface area contributed by atoms with Gasteiger partial charge in [-0.05, 0) is 41.7 Å². The van der Waals surface area contributed by atoms with E-state index in [1.165, 1.54) is 6.07 Å². The van der Waals surface area contributed by atoms with Gasteiger partial charge in [0.25, 0.3) is 11.8 Å². The van der Waals surface area contributed by atoms with Crippen molar-refractivity contribution in [1.82, 2.24) is 4.98 Å². The third-order valence-corrected chi connectivity index (χ3v) is 4.18. The third kappa shape index (κ3) is 4.08. The zero-order valence-corrected chi connectivity index (χ0v) is 14.0. The van der Waals surface area contributed by atoms with Gasteiger partial charge in [-0.1, -0.05) is 24.3 Å². The molecule has 0 radical (unpaired) electrons. The van der Waals surface area contributed by atoms with Gasteiger partial charge in [-0.25, -0.2) is 4.98 Å². The highest BCUT2D eigenvalue weighted by atomic mass is 32.1. The Morgan fingerprint density at radius 1 is 0.962 bits per heavy atom. The number of rotatable bonds is 5. The van der Waals surface area contributed by atoms with E-state index in [0.717, 1.165) is 17.5 Å². The van der Waals surface area contributed by atoms with Crippen molar-refractivity contribution in [3.05, 3.63) is 82.0 Å². The maximum absolute atomic E-state index is 12.3. The number of nitro groups is 1. The molecule has 3 rings (SSSR count). The molecule has 0 aliphatic heterocycles. The van der Waals surface area contributed by atoms with Gasteiger partial charge in [-0.2, -0.15) is 0 Å². The molecule has 0 saturated carbocycles. The minimum Gasteiger partial charge on any atom is -0.322 e. The third-order valence-electron chi connectivity index (χ3n) is 3.31. The largest absolute Gasteiger partial charge is 0.345 e. The summed E-state index contributed by atoms with van der Waals surface area (Å²) in [6.45, 7) is 0. The Labute approximate surface area is 151 Å². The van der Waals surface area contributed by atoms with E-state index in [9.17, 15) is 19.7 Å². The van der Waals surface area contributed by atoms with Crippen LogP contribution in [0.1, 0.15) is 20.7 Å². The molecule has 8 nitrogen and oxygen atoms in total. The average Bonchev–Trinajstić information content (AvgIpc) is 3.11. The summed E-state index contributed by atoms with van der Waals surface area (Å²) in [4.78, 5) is 38.3. The predicted molar refractivity (Wildman–Crippen MR) is 97.6 cm³/mol. The predicted octanol–water partition coefficient (Wildman–Crippen LogP) is 3.56. The zero-order chi connectivity index (χ0) is 18.5. The van der Waals surface area contributed by atoms with Crippen LogP contribution in [0, 0.1) is 10.1 Å². The molecular formula is C17H12N4O4S. The topological polar surface area (TPSA) is 114 Å². The summed E-state index contributed by atoms with van der Waals surface area (Å²) in [5, 5.41) is 15.8. The van der Waals surface area contributed by atoms with Gasteiger partial charge >= 0.3 is 5.00 Å². The summed E-state index contributed by atoms with van der Waals surface area (Å²) in [5.41, 5.74) is 1.24. The van der Waals surface area contributed by atoms with Gasteiger partial charge in [0.15, 0.2) is 5.13 Å². The molecule has 1 aromatic heterocycles. The minimum absolute atomic E-state index is 0.125. The summed E-state index contributed by atoms with van der Waals surface area (Å²) in [7, 11) is 0. The van der Waals surface area contributed by atoms with Gasteiger partial charge in [0.1, 0.15) is 6.20 Å². The summed E-state index contributed by atoms with van der Waals surface area (Å²) >= 11 is 0.764. The summed E-state index contributed by atoms with van der Waals surface area (Å²) in [6.07, 6.45) is 1.08. The molecule has 9 heteroatoms. The molecule has 0 saturated heterocycles. The van der Waals surface area contributed by atoms with Gasteiger partial charge in [-0.15, -0.1) is 0 Å². The number of aromatic nitrogens is 1. The van der Waals surface area contributed by atoms with Crippen LogP contribution in [0.25, 0.3) is 0 Å². The first-order valence-electron chi connectivity index (χ1n) is 7.41. The van der Waals surface area contributed by atoms with Crippen molar-refractivity contribution in [3.63, 3.8) is 0 Å². The monoisotopic (exact) mass is 368 g/mol. The van der Waals surface area contributed by atoms with E-state index in [1.807, 2.05) is 6.07 Å². The fourth-order valence-electron chi connectivity index (χ4n) is 2.11. The quantitative estimate of drug-likeness (QED) is 0.528. The number of hydrogen-bond acceptors (Lipinski definition) is 6. The van der Waals surface area contributed by atoms with E-state index < -0.39 is 10.8 Å². The van der Waals surface area contributed by atoms with Crippen LogP contribution >= 0.6 is 11.3 Å². The number of carbonyl (C=O) groups excluding carboxylic acids is 2. The lowest BCUT2D eigenvalue weighted by atomic mass is 10.1. The van der Waals surface area contributed by atoms with Gasteiger partial charge < -0.3 is 5.32 Å². The highest BCUT2D eigenvalue weighted by Gasteiger charge is 2.15. The van der Waals surface area contributed by atoms with E-state index in [2.05, 4.69) is 15.6 Å². The molecule has 0 unspecified atom stereocenters. The SMILES string of the molecule is O=C(Nc1cccc(C(=O)Nc2ncc([N+](=O)[O-])s2)c1)c1ccccc1. The Hall–Kier alpha value is -3.59. The van der Waals surface area contributed by atoms with Gasteiger partial charge in [0, 0.05) is 16.8 Å². The number of hydrogen-bond donors (Lipinski definition) is 2. The molecule has 130 valence electrons.